The van der Waals surface area contributed by atoms with Crippen LogP contribution in [-0.4, -0.2) is 16.5 Å². The Morgan fingerprint density at radius 3 is 2.83 bits per heavy atom. The molecule has 1 N–H and O–H groups in total. The van der Waals surface area contributed by atoms with Gasteiger partial charge in [0.2, 0.25) is 0 Å². The number of rotatable bonds is 5. The number of hydrogen-bond donors (Lipinski definition) is 1. The van der Waals surface area contributed by atoms with Gasteiger partial charge >= 0.3 is 0 Å². The van der Waals surface area contributed by atoms with Crippen molar-refractivity contribution in [2.75, 3.05) is 6.54 Å². The molecule has 0 saturated heterocycles. The zero-order chi connectivity index (χ0) is 12.8. The van der Waals surface area contributed by atoms with Crippen molar-refractivity contribution in [1.82, 2.24) is 15.3 Å². The van der Waals surface area contributed by atoms with E-state index >= 15 is 0 Å². The van der Waals surface area contributed by atoms with Crippen LogP contribution in [0.2, 0.25) is 0 Å². The number of nitrogens with zero attached hydrogens (tertiary/aromatic N) is 2. The lowest BCUT2D eigenvalue weighted by Gasteiger charge is -2.06. The minimum Gasteiger partial charge on any atom is -0.311 e. The Morgan fingerprint density at radius 1 is 1.22 bits per heavy atom. The molecule has 3 nitrogen and oxygen atoms in total. The first-order valence-corrected chi connectivity index (χ1v) is 6.88. The molecule has 0 saturated carbocycles. The number of hydrogen-bond acceptors (Lipinski definition) is 3. The molecule has 0 aliphatic carbocycles. The molecule has 94 valence electrons. The van der Waals surface area contributed by atoms with E-state index in [0.29, 0.717) is 0 Å². The van der Waals surface area contributed by atoms with Crippen molar-refractivity contribution in [3.05, 3.63) is 46.7 Å². The highest BCUT2D eigenvalue weighted by molar-refractivity contribution is 9.10. The summed E-state index contributed by atoms with van der Waals surface area (Å²) in [6.45, 7) is 3.95. The van der Waals surface area contributed by atoms with Crippen molar-refractivity contribution in [3.8, 4) is 11.4 Å². The summed E-state index contributed by atoms with van der Waals surface area (Å²) in [4.78, 5) is 8.90. The first kappa shape index (κ1) is 13.2. The monoisotopic (exact) mass is 305 g/mol. The summed E-state index contributed by atoms with van der Waals surface area (Å²) < 4.78 is 1.02. The normalized spacial score (nSPS) is 10.6. The van der Waals surface area contributed by atoms with Crippen LogP contribution in [0.3, 0.4) is 0 Å². The predicted octanol–water partition coefficient (Wildman–Crippen LogP) is 3.41. The van der Waals surface area contributed by atoms with E-state index < -0.39 is 0 Å². The van der Waals surface area contributed by atoms with Crippen LogP contribution in [-0.2, 0) is 6.54 Å². The van der Waals surface area contributed by atoms with Gasteiger partial charge in [0.25, 0.3) is 0 Å². The summed E-state index contributed by atoms with van der Waals surface area (Å²) in [6.07, 6.45) is 2.94. The molecular formula is C14H16BrN3. The Morgan fingerprint density at radius 2 is 2.06 bits per heavy atom. The van der Waals surface area contributed by atoms with E-state index in [1.54, 1.807) is 0 Å². The molecule has 1 aromatic heterocycles. The van der Waals surface area contributed by atoms with Gasteiger partial charge in [-0.1, -0.05) is 41.1 Å². The summed E-state index contributed by atoms with van der Waals surface area (Å²) in [5.74, 6) is 0.762. The number of nitrogens with one attached hydrogen (secondary N) is 1. The van der Waals surface area contributed by atoms with E-state index in [4.69, 9.17) is 0 Å². The second-order valence-electron chi connectivity index (χ2n) is 4.03. The molecule has 0 aliphatic rings. The molecule has 0 amide bonds. The number of benzene rings is 1. The fourth-order valence-corrected chi connectivity index (χ4v) is 2.12. The van der Waals surface area contributed by atoms with Gasteiger partial charge in [0, 0.05) is 22.8 Å². The maximum absolute atomic E-state index is 4.57. The Bertz CT molecular complexity index is 514. The van der Waals surface area contributed by atoms with Crippen molar-refractivity contribution in [3.63, 3.8) is 0 Å². The number of aromatic nitrogens is 2. The Kier molecular flexibility index (Phi) is 4.84. The molecule has 1 heterocycles. The van der Waals surface area contributed by atoms with Crippen molar-refractivity contribution in [2.24, 2.45) is 0 Å². The van der Waals surface area contributed by atoms with Crippen LogP contribution < -0.4 is 5.32 Å². The fraction of sp³-hybridized carbons (Fsp3) is 0.286. The minimum absolute atomic E-state index is 0.762. The highest BCUT2D eigenvalue weighted by Gasteiger charge is 2.05. The first-order valence-electron chi connectivity index (χ1n) is 6.09. The summed E-state index contributed by atoms with van der Waals surface area (Å²) in [5, 5.41) is 3.34. The lowest BCUT2D eigenvalue weighted by molar-refractivity contribution is 0.663. The van der Waals surface area contributed by atoms with Crippen molar-refractivity contribution < 1.29 is 0 Å². The zero-order valence-electron chi connectivity index (χ0n) is 10.4. The molecule has 18 heavy (non-hydrogen) atoms. The summed E-state index contributed by atoms with van der Waals surface area (Å²) in [5.41, 5.74) is 2.04. The topological polar surface area (TPSA) is 37.8 Å². The van der Waals surface area contributed by atoms with Crippen LogP contribution in [0.5, 0.6) is 0 Å². The molecule has 2 rings (SSSR count). The van der Waals surface area contributed by atoms with E-state index in [-0.39, 0.29) is 0 Å². The molecule has 0 atom stereocenters. The molecule has 0 aliphatic heterocycles. The number of halogens is 1. The third kappa shape index (κ3) is 3.37. The summed E-state index contributed by atoms with van der Waals surface area (Å²) >= 11 is 3.53. The van der Waals surface area contributed by atoms with E-state index in [9.17, 15) is 0 Å². The molecule has 0 fully saturated rings. The standard InChI is InChI=1S/C14H16BrN3/c1-2-8-16-10-11-7-9-17-14(18-11)12-5-3-4-6-13(12)15/h3-7,9,16H,2,8,10H2,1H3. The van der Waals surface area contributed by atoms with Gasteiger partial charge in [0.05, 0.1) is 5.69 Å². The smallest absolute Gasteiger partial charge is 0.160 e. The van der Waals surface area contributed by atoms with E-state index in [1.165, 1.54) is 0 Å². The van der Waals surface area contributed by atoms with Crippen LogP contribution >= 0.6 is 15.9 Å². The third-order valence-corrected chi connectivity index (χ3v) is 3.25. The minimum atomic E-state index is 0.762. The molecule has 4 heteroatoms. The second kappa shape index (κ2) is 6.61. The maximum atomic E-state index is 4.57. The average Bonchev–Trinajstić information content (AvgIpc) is 2.40. The quantitative estimate of drug-likeness (QED) is 0.860. The van der Waals surface area contributed by atoms with Gasteiger partial charge in [-0.2, -0.15) is 0 Å². The highest BCUT2D eigenvalue weighted by atomic mass is 79.9. The van der Waals surface area contributed by atoms with Crippen LogP contribution in [0.15, 0.2) is 41.0 Å². The van der Waals surface area contributed by atoms with Gasteiger partial charge in [-0.15, -0.1) is 0 Å². The van der Waals surface area contributed by atoms with Crippen molar-refractivity contribution in [2.45, 2.75) is 19.9 Å². The SMILES string of the molecule is CCCNCc1ccnc(-c2ccccc2Br)n1. The van der Waals surface area contributed by atoms with Gasteiger partial charge in [-0.25, -0.2) is 9.97 Å². The Balaban J connectivity index is 2.19. The molecule has 0 unspecified atom stereocenters. The van der Waals surface area contributed by atoms with Crippen LogP contribution in [0.1, 0.15) is 19.0 Å². The van der Waals surface area contributed by atoms with Gasteiger partial charge < -0.3 is 5.32 Å². The first-order chi connectivity index (χ1) is 8.81. The molecule has 0 spiro atoms. The second-order valence-corrected chi connectivity index (χ2v) is 4.88. The van der Waals surface area contributed by atoms with Gasteiger partial charge in [0.15, 0.2) is 5.82 Å². The Hall–Kier alpha value is -1.26. The Labute approximate surface area is 116 Å². The third-order valence-electron chi connectivity index (χ3n) is 2.56. The summed E-state index contributed by atoms with van der Waals surface area (Å²) in [7, 11) is 0. The lowest BCUT2D eigenvalue weighted by Crippen LogP contribution is -2.15. The van der Waals surface area contributed by atoms with Gasteiger partial charge in [-0.3, -0.25) is 0 Å². The van der Waals surface area contributed by atoms with E-state index in [0.717, 1.165) is 41.1 Å². The molecule has 0 radical (unpaired) electrons. The summed E-state index contributed by atoms with van der Waals surface area (Å²) in [6, 6.07) is 9.94. The molecule has 1 aromatic carbocycles. The predicted molar refractivity (Wildman–Crippen MR) is 77.2 cm³/mol. The lowest BCUT2D eigenvalue weighted by atomic mass is 10.2. The average molecular weight is 306 g/mol. The van der Waals surface area contributed by atoms with E-state index in [2.05, 4.69) is 38.1 Å². The van der Waals surface area contributed by atoms with Crippen LogP contribution in [0, 0.1) is 0 Å². The van der Waals surface area contributed by atoms with E-state index in [1.807, 2.05) is 36.5 Å². The molecule has 0 bridgehead atoms. The largest absolute Gasteiger partial charge is 0.311 e. The zero-order valence-corrected chi connectivity index (χ0v) is 11.9. The van der Waals surface area contributed by atoms with Crippen molar-refractivity contribution in [1.29, 1.82) is 0 Å². The van der Waals surface area contributed by atoms with Crippen LogP contribution in [0.25, 0.3) is 11.4 Å². The van der Waals surface area contributed by atoms with Gasteiger partial charge in [-0.05, 0) is 25.1 Å². The fourth-order valence-electron chi connectivity index (χ4n) is 1.66. The van der Waals surface area contributed by atoms with Crippen LogP contribution in [0.4, 0.5) is 0 Å². The molecular weight excluding hydrogens is 290 g/mol. The maximum Gasteiger partial charge on any atom is 0.160 e. The van der Waals surface area contributed by atoms with Gasteiger partial charge in [0.1, 0.15) is 0 Å². The van der Waals surface area contributed by atoms with Crippen molar-refractivity contribution >= 4 is 15.9 Å². The molecule has 2 aromatic rings. The highest BCUT2D eigenvalue weighted by Crippen LogP contribution is 2.24.